The van der Waals surface area contributed by atoms with Crippen LogP contribution in [0.15, 0.2) is 18.2 Å². The van der Waals surface area contributed by atoms with Crippen LogP contribution in [0.1, 0.15) is 25.8 Å². The standard InChI is InChI=1S/C15H23ClN2O/c1-3-17-9-12-4-5-14(13(16)8-12)18-7-6-11(2)15(19)10-18/h4-5,8,11,15,17,19H,3,6-7,9-10H2,1-2H3. The van der Waals surface area contributed by atoms with Crippen LogP contribution in [0.5, 0.6) is 0 Å². The first-order valence-corrected chi connectivity index (χ1v) is 7.41. The van der Waals surface area contributed by atoms with Crippen molar-refractivity contribution in [1.29, 1.82) is 0 Å². The zero-order valence-electron chi connectivity index (χ0n) is 11.7. The Hall–Kier alpha value is -0.770. The predicted molar refractivity (Wildman–Crippen MR) is 80.8 cm³/mol. The van der Waals surface area contributed by atoms with E-state index in [1.807, 2.05) is 6.07 Å². The Morgan fingerprint density at radius 3 is 2.89 bits per heavy atom. The molecule has 106 valence electrons. The molecular weight excluding hydrogens is 260 g/mol. The fraction of sp³-hybridized carbons (Fsp3) is 0.600. The number of nitrogens with zero attached hydrogens (tertiary/aromatic N) is 1. The van der Waals surface area contributed by atoms with E-state index in [0.717, 1.165) is 36.8 Å². The first-order chi connectivity index (χ1) is 9.11. The maximum Gasteiger partial charge on any atom is 0.0741 e. The van der Waals surface area contributed by atoms with Crippen LogP contribution in [-0.4, -0.2) is 30.8 Å². The molecule has 1 aliphatic rings. The highest BCUT2D eigenvalue weighted by Crippen LogP contribution is 2.30. The van der Waals surface area contributed by atoms with Crippen LogP contribution in [0.3, 0.4) is 0 Å². The van der Waals surface area contributed by atoms with E-state index in [1.54, 1.807) is 0 Å². The molecule has 19 heavy (non-hydrogen) atoms. The molecule has 0 bridgehead atoms. The van der Waals surface area contributed by atoms with E-state index >= 15 is 0 Å². The number of β-amino-alcohol motifs (C(OH)–C–C–N with tert-alkyl or cyclic N) is 1. The topological polar surface area (TPSA) is 35.5 Å². The number of aliphatic hydroxyl groups is 1. The van der Waals surface area contributed by atoms with Crippen LogP contribution >= 0.6 is 11.6 Å². The smallest absolute Gasteiger partial charge is 0.0741 e. The largest absolute Gasteiger partial charge is 0.391 e. The van der Waals surface area contributed by atoms with Crippen molar-refractivity contribution in [1.82, 2.24) is 5.32 Å². The van der Waals surface area contributed by atoms with Gasteiger partial charge in [-0.2, -0.15) is 0 Å². The Morgan fingerprint density at radius 2 is 2.26 bits per heavy atom. The summed E-state index contributed by atoms with van der Waals surface area (Å²) < 4.78 is 0. The molecule has 2 rings (SSSR count). The zero-order chi connectivity index (χ0) is 13.8. The summed E-state index contributed by atoms with van der Waals surface area (Å²) in [4.78, 5) is 2.18. The number of nitrogens with one attached hydrogen (secondary N) is 1. The summed E-state index contributed by atoms with van der Waals surface area (Å²) in [5.74, 6) is 0.378. The number of aliphatic hydroxyl groups excluding tert-OH is 1. The molecule has 2 unspecified atom stereocenters. The highest BCUT2D eigenvalue weighted by molar-refractivity contribution is 6.33. The molecular formula is C15H23ClN2O. The molecule has 1 aromatic carbocycles. The van der Waals surface area contributed by atoms with Gasteiger partial charge in [0.2, 0.25) is 0 Å². The second-order valence-electron chi connectivity index (χ2n) is 5.35. The second kappa shape index (κ2) is 6.60. The van der Waals surface area contributed by atoms with Crippen molar-refractivity contribution in [3.05, 3.63) is 28.8 Å². The lowest BCUT2D eigenvalue weighted by Gasteiger charge is -2.36. The van der Waals surface area contributed by atoms with Gasteiger partial charge in [0, 0.05) is 19.6 Å². The lowest BCUT2D eigenvalue weighted by atomic mass is 9.95. The number of piperidine rings is 1. The fourth-order valence-electron chi connectivity index (χ4n) is 2.45. The normalized spacial score (nSPS) is 23.7. The third kappa shape index (κ3) is 3.62. The van der Waals surface area contributed by atoms with Gasteiger partial charge in [-0.1, -0.05) is 31.5 Å². The van der Waals surface area contributed by atoms with Gasteiger partial charge in [-0.05, 0) is 36.6 Å². The number of rotatable bonds is 4. The molecule has 1 aromatic rings. The molecule has 0 amide bonds. The quantitative estimate of drug-likeness (QED) is 0.891. The Kier molecular flexibility index (Phi) is 5.08. The van der Waals surface area contributed by atoms with Crippen molar-refractivity contribution < 1.29 is 5.11 Å². The predicted octanol–water partition coefficient (Wildman–Crippen LogP) is 2.66. The Bertz CT molecular complexity index is 425. The number of hydrogen-bond donors (Lipinski definition) is 2. The van der Waals surface area contributed by atoms with Gasteiger partial charge >= 0.3 is 0 Å². The highest BCUT2D eigenvalue weighted by Gasteiger charge is 2.25. The van der Waals surface area contributed by atoms with Crippen molar-refractivity contribution in [2.24, 2.45) is 5.92 Å². The second-order valence-corrected chi connectivity index (χ2v) is 5.75. The molecule has 1 aliphatic heterocycles. The molecule has 4 heteroatoms. The van der Waals surface area contributed by atoms with Crippen LogP contribution in [0.4, 0.5) is 5.69 Å². The summed E-state index contributed by atoms with van der Waals surface area (Å²) in [6.45, 7) is 7.62. The minimum Gasteiger partial charge on any atom is -0.391 e. The molecule has 0 saturated carbocycles. The number of anilines is 1. The third-order valence-corrected chi connectivity index (χ3v) is 4.15. The van der Waals surface area contributed by atoms with Gasteiger partial charge in [-0.25, -0.2) is 0 Å². The Morgan fingerprint density at radius 1 is 1.47 bits per heavy atom. The SMILES string of the molecule is CCNCc1ccc(N2CCC(C)C(O)C2)c(Cl)c1. The van der Waals surface area contributed by atoms with E-state index in [4.69, 9.17) is 11.6 Å². The van der Waals surface area contributed by atoms with Gasteiger partial charge in [0.25, 0.3) is 0 Å². The van der Waals surface area contributed by atoms with Crippen molar-refractivity contribution in [3.8, 4) is 0 Å². The van der Waals surface area contributed by atoms with Crippen LogP contribution in [0, 0.1) is 5.92 Å². The van der Waals surface area contributed by atoms with Crippen LogP contribution in [0.2, 0.25) is 5.02 Å². The number of benzene rings is 1. The summed E-state index contributed by atoms with van der Waals surface area (Å²) in [6.07, 6.45) is 0.752. The van der Waals surface area contributed by atoms with E-state index in [2.05, 4.69) is 36.2 Å². The van der Waals surface area contributed by atoms with Gasteiger partial charge in [-0.3, -0.25) is 0 Å². The van der Waals surface area contributed by atoms with E-state index < -0.39 is 0 Å². The molecule has 1 heterocycles. The summed E-state index contributed by atoms with van der Waals surface area (Å²) in [6, 6.07) is 6.19. The van der Waals surface area contributed by atoms with Crippen molar-refractivity contribution >= 4 is 17.3 Å². The molecule has 2 N–H and O–H groups in total. The minimum absolute atomic E-state index is 0.258. The average Bonchev–Trinajstić information content (AvgIpc) is 2.40. The van der Waals surface area contributed by atoms with Crippen molar-refractivity contribution in [3.63, 3.8) is 0 Å². The summed E-state index contributed by atoms with van der Waals surface area (Å²) in [5, 5.41) is 14.0. The fourth-order valence-corrected chi connectivity index (χ4v) is 2.78. The zero-order valence-corrected chi connectivity index (χ0v) is 12.5. The highest BCUT2D eigenvalue weighted by atomic mass is 35.5. The van der Waals surface area contributed by atoms with Crippen LogP contribution in [0.25, 0.3) is 0 Å². The average molecular weight is 283 g/mol. The minimum atomic E-state index is -0.258. The number of halogens is 1. The van der Waals surface area contributed by atoms with E-state index in [9.17, 15) is 5.11 Å². The van der Waals surface area contributed by atoms with Gasteiger partial charge in [0.1, 0.15) is 0 Å². The maximum absolute atomic E-state index is 9.98. The first kappa shape index (κ1) is 14.6. The van der Waals surface area contributed by atoms with E-state index in [1.165, 1.54) is 5.56 Å². The Balaban J connectivity index is 2.08. The molecule has 1 fully saturated rings. The molecule has 0 spiro atoms. The van der Waals surface area contributed by atoms with Crippen molar-refractivity contribution in [2.75, 3.05) is 24.5 Å². The van der Waals surface area contributed by atoms with E-state index in [-0.39, 0.29) is 6.10 Å². The number of hydrogen-bond acceptors (Lipinski definition) is 3. The summed E-state index contributed by atoms with van der Waals surface area (Å²) >= 11 is 6.37. The molecule has 3 nitrogen and oxygen atoms in total. The molecule has 0 radical (unpaired) electrons. The Labute approximate surface area is 120 Å². The van der Waals surface area contributed by atoms with E-state index in [0.29, 0.717) is 12.5 Å². The lowest BCUT2D eigenvalue weighted by molar-refractivity contribution is 0.103. The van der Waals surface area contributed by atoms with Gasteiger partial charge < -0.3 is 15.3 Å². The van der Waals surface area contributed by atoms with Gasteiger partial charge in [-0.15, -0.1) is 0 Å². The van der Waals surface area contributed by atoms with Gasteiger partial charge in [0.05, 0.1) is 16.8 Å². The van der Waals surface area contributed by atoms with Gasteiger partial charge in [0.15, 0.2) is 0 Å². The monoisotopic (exact) mass is 282 g/mol. The molecule has 1 saturated heterocycles. The maximum atomic E-state index is 9.98. The molecule has 0 aromatic heterocycles. The molecule has 0 aliphatic carbocycles. The van der Waals surface area contributed by atoms with Crippen LogP contribution in [-0.2, 0) is 6.54 Å². The summed E-state index contributed by atoms with van der Waals surface area (Å²) in [7, 11) is 0. The van der Waals surface area contributed by atoms with Crippen molar-refractivity contribution in [2.45, 2.75) is 32.9 Å². The summed E-state index contributed by atoms with van der Waals surface area (Å²) in [5.41, 5.74) is 2.23. The van der Waals surface area contributed by atoms with Crippen LogP contribution < -0.4 is 10.2 Å². The third-order valence-electron chi connectivity index (χ3n) is 3.85. The molecule has 2 atom stereocenters. The first-order valence-electron chi connectivity index (χ1n) is 7.04. The lowest BCUT2D eigenvalue weighted by Crippen LogP contribution is -2.43.